The Balaban J connectivity index is 0.000000200. The fourth-order valence-corrected chi connectivity index (χ4v) is 3.17. The molecule has 14 heteroatoms. The van der Waals surface area contributed by atoms with E-state index in [1.54, 1.807) is 48.7 Å². The molecule has 0 spiro atoms. The molecule has 2 aromatic heterocycles. The first-order valence-electron chi connectivity index (χ1n) is 9.82. The van der Waals surface area contributed by atoms with Crippen LogP contribution in [0.25, 0.3) is 11.3 Å². The van der Waals surface area contributed by atoms with Gasteiger partial charge in [0.1, 0.15) is 0 Å². The zero-order valence-corrected chi connectivity index (χ0v) is 21.2. The van der Waals surface area contributed by atoms with E-state index in [9.17, 15) is 20.2 Å². The van der Waals surface area contributed by atoms with Crippen LogP contribution < -0.4 is 5.59 Å². The summed E-state index contributed by atoms with van der Waals surface area (Å²) in [5.74, 6) is 0. The molecule has 0 saturated heterocycles. The van der Waals surface area contributed by atoms with E-state index in [1.165, 1.54) is 30.5 Å². The summed E-state index contributed by atoms with van der Waals surface area (Å²) in [6.07, 6.45) is 3.15. The van der Waals surface area contributed by atoms with Gasteiger partial charge in [-0.3, -0.25) is 30.2 Å². The van der Waals surface area contributed by atoms with E-state index < -0.39 is 17.0 Å². The van der Waals surface area contributed by atoms with E-state index in [1.807, 2.05) is 6.07 Å². The topological polar surface area (TPSA) is 153 Å². The monoisotopic (exact) mass is 592 g/mol. The van der Waals surface area contributed by atoms with Crippen molar-refractivity contribution < 1.29 is 19.9 Å². The zero-order valence-electron chi connectivity index (χ0n) is 18.1. The van der Waals surface area contributed by atoms with Gasteiger partial charge in [-0.25, -0.2) is 0 Å². The standard InChI is InChI=1S/C11H7ClN2O2.C6H3BrClNO2.C5H6BNO2/c12-10-7-8(14(15)16)4-5-9(10)11-3-1-2-6-13-11;7-5-2-1-4(9(10)11)3-6(5)8;8-6(9)5-3-1-2-4-7-5/h1-7H;1-3H;1-4,8-9H. The third-order valence-electron chi connectivity index (χ3n) is 4.17. The maximum atomic E-state index is 10.5. The number of hydrogen-bond donors (Lipinski definition) is 2. The largest absolute Gasteiger partial charge is 0.508 e. The van der Waals surface area contributed by atoms with Crippen LogP contribution >= 0.6 is 39.1 Å². The predicted octanol–water partition coefficient (Wildman–Crippen LogP) is 5.08. The second-order valence-corrected chi connectivity index (χ2v) is 8.29. The molecule has 0 saturated carbocycles. The van der Waals surface area contributed by atoms with Crippen LogP contribution in [0.5, 0.6) is 0 Å². The van der Waals surface area contributed by atoms with Crippen LogP contribution in [0.3, 0.4) is 0 Å². The first-order valence-corrected chi connectivity index (χ1v) is 11.4. The molecule has 0 aliphatic rings. The van der Waals surface area contributed by atoms with Crippen LogP contribution in [-0.4, -0.2) is 37.0 Å². The van der Waals surface area contributed by atoms with Gasteiger partial charge in [0, 0.05) is 46.7 Å². The number of rotatable bonds is 4. The summed E-state index contributed by atoms with van der Waals surface area (Å²) >= 11 is 14.7. The molecular formula is C22H16BBrCl2N4O6. The number of nitro benzene ring substituents is 2. The first-order chi connectivity index (χ1) is 17.1. The third kappa shape index (κ3) is 8.98. The molecule has 2 heterocycles. The van der Waals surface area contributed by atoms with Crippen molar-refractivity contribution in [3.8, 4) is 11.3 Å². The quantitative estimate of drug-likeness (QED) is 0.189. The van der Waals surface area contributed by atoms with E-state index in [2.05, 4.69) is 25.9 Å². The van der Waals surface area contributed by atoms with Crippen molar-refractivity contribution in [3.05, 3.63) is 120 Å². The smallest absolute Gasteiger partial charge is 0.422 e. The Kier molecular flexibility index (Phi) is 11.4. The van der Waals surface area contributed by atoms with E-state index in [4.69, 9.17) is 33.2 Å². The minimum Gasteiger partial charge on any atom is -0.422 e. The molecular weight excluding hydrogens is 578 g/mol. The van der Waals surface area contributed by atoms with Crippen LogP contribution in [0.2, 0.25) is 10.0 Å². The van der Waals surface area contributed by atoms with Gasteiger partial charge in [-0.15, -0.1) is 0 Å². The number of halogens is 3. The Bertz CT molecular complexity index is 1320. The summed E-state index contributed by atoms with van der Waals surface area (Å²) < 4.78 is 0.657. The highest BCUT2D eigenvalue weighted by Gasteiger charge is 2.11. The molecule has 184 valence electrons. The maximum absolute atomic E-state index is 10.5. The lowest BCUT2D eigenvalue weighted by Gasteiger charge is -2.02. The summed E-state index contributed by atoms with van der Waals surface area (Å²) in [7, 11) is -1.45. The minimum atomic E-state index is -1.45. The van der Waals surface area contributed by atoms with E-state index in [0.29, 0.717) is 25.8 Å². The van der Waals surface area contributed by atoms with Crippen molar-refractivity contribution in [3.63, 3.8) is 0 Å². The molecule has 0 unspecified atom stereocenters. The molecule has 0 amide bonds. The Labute approximate surface area is 223 Å². The maximum Gasteiger partial charge on any atom is 0.508 e. The number of nitrogens with zero attached hydrogens (tertiary/aromatic N) is 4. The number of hydrogen-bond acceptors (Lipinski definition) is 8. The summed E-state index contributed by atoms with van der Waals surface area (Å²) in [5, 5.41) is 38.4. The number of non-ortho nitro benzene ring substituents is 2. The number of benzene rings is 2. The van der Waals surface area contributed by atoms with Gasteiger partial charge in [-0.2, -0.15) is 0 Å². The van der Waals surface area contributed by atoms with Crippen molar-refractivity contribution in [2.45, 2.75) is 0 Å². The third-order valence-corrected chi connectivity index (χ3v) is 5.72. The lowest BCUT2D eigenvalue weighted by molar-refractivity contribution is -0.385. The Morgan fingerprint density at radius 2 is 1.33 bits per heavy atom. The van der Waals surface area contributed by atoms with Gasteiger partial charge in [-0.05, 0) is 52.3 Å². The number of pyridine rings is 2. The second kappa shape index (κ2) is 14.2. The number of nitro groups is 2. The molecule has 0 bridgehead atoms. The minimum absolute atomic E-state index is 0.00167. The van der Waals surface area contributed by atoms with Gasteiger partial charge in [0.05, 0.1) is 31.2 Å². The molecule has 0 aliphatic carbocycles. The average molecular weight is 594 g/mol. The van der Waals surface area contributed by atoms with Crippen LogP contribution in [0.15, 0.2) is 89.7 Å². The summed E-state index contributed by atoms with van der Waals surface area (Å²) in [4.78, 5) is 27.6. The van der Waals surface area contributed by atoms with Gasteiger partial charge in [-0.1, -0.05) is 35.3 Å². The lowest BCUT2D eigenvalue weighted by atomic mass is 9.86. The lowest BCUT2D eigenvalue weighted by Crippen LogP contribution is -2.31. The van der Waals surface area contributed by atoms with Crippen LogP contribution in [0.1, 0.15) is 0 Å². The van der Waals surface area contributed by atoms with Crippen molar-refractivity contribution >= 4 is 63.2 Å². The molecule has 0 atom stereocenters. The molecule has 4 aromatic rings. The summed E-state index contributed by atoms with van der Waals surface area (Å²) in [5.41, 5.74) is 1.63. The SMILES string of the molecule is O=[N+]([O-])c1ccc(-c2ccccn2)c(Cl)c1.O=[N+]([O-])c1ccc(Br)c(Cl)c1.OB(O)c1ccccn1. The van der Waals surface area contributed by atoms with Crippen molar-refractivity contribution in [2.24, 2.45) is 0 Å². The zero-order chi connectivity index (χ0) is 26.7. The van der Waals surface area contributed by atoms with E-state index >= 15 is 0 Å². The van der Waals surface area contributed by atoms with Crippen molar-refractivity contribution in [1.29, 1.82) is 0 Å². The molecule has 0 fully saturated rings. The number of aromatic nitrogens is 2. The van der Waals surface area contributed by atoms with Crippen LogP contribution in [-0.2, 0) is 0 Å². The van der Waals surface area contributed by atoms with Crippen molar-refractivity contribution in [1.82, 2.24) is 9.97 Å². The fraction of sp³-hybridized carbons (Fsp3) is 0. The second-order valence-electron chi connectivity index (χ2n) is 6.62. The Hall–Kier alpha value is -3.42. The average Bonchev–Trinajstić information content (AvgIpc) is 2.87. The fourth-order valence-electron chi connectivity index (χ4n) is 2.47. The molecule has 0 radical (unpaired) electrons. The normalized spacial score (nSPS) is 9.69. The van der Waals surface area contributed by atoms with Crippen molar-refractivity contribution in [2.75, 3.05) is 0 Å². The van der Waals surface area contributed by atoms with E-state index in [0.717, 1.165) is 0 Å². The van der Waals surface area contributed by atoms with Gasteiger partial charge in [0.15, 0.2) is 0 Å². The highest BCUT2D eigenvalue weighted by atomic mass is 79.9. The van der Waals surface area contributed by atoms with Gasteiger partial charge < -0.3 is 10.0 Å². The summed E-state index contributed by atoms with van der Waals surface area (Å²) in [6, 6.07) is 18.9. The highest BCUT2D eigenvalue weighted by molar-refractivity contribution is 9.10. The van der Waals surface area contributed by atoms with Gasteiger partial charge in [0.2, 0.25) is 0 Å². The molecule has 2 aromatic carbocycles. The van der Waals surface area contributed by atoms with Gasteiger partial charge >= 0.3 is 7.12 Å². The molecule has 4 rings (SSSR count). The molecule has 2 N–H and O–H groups in total. The van der Waals surface area contributed by atoms with Gasteiger partial charge in [0.25, 0.3) is 11.4 Å². The molecule has 0 aliphatic heterocycles. The first kappa shape index (κ1) is 28.8. The Morgan fingerprint density at radius 1 is 0.778 bits per heavy atom. The van der Waals surface area contributed by atoms with Crippen LogP contribution in [0, 0.1) is 20.2 Å². The highest BCUT2D eigenvalue weighted by Crippen LogP contribution is 2.29. The summed E-state index contributed by atoms with van der Waals surface area (Å²) in [6.45, 7) is 0. The predicted molar refractivity (Wildman–Crippen MR) is 141 cm³/mol. The Morgan fingerprint density at radius 3 is 1.75 bits per heavy atom. The van der Waals surface area contributed by atoms with Crippen LogP contribution in [0.4, 0.5) is 11.4 Å². The van der Waals surface area contributed by atoms with E-state index in [-0.39, 0.29) is 17.0 Å². The molecule has 36 heavy (non-hydrogen) atoms. The molecule has 10 nitrogen and oxygen atoms in total.